The fraction of sp³-hybridized carbons (Fsp3) is 0.0526. The number of benzene rings is 2. The van der Waals surface area contributed by atoms with Crippen LogP contribution in [0.1, 0.15) is 16.7 Å². The molecule has 25 heavy (non-hydrogen) atoms. The van der Waals surface area contributed by atoms with Gasteiger partial charge in [-0.05, 0) is 47.9 Å². The first-order chi connectivity index (χ1) is 12.0. The molecule has 3 aromatic rings. The maximum Gasteiger partial charge on any atom is 0.149 e. The summed E-state index contributed by atoms with van der Waals surface area (Å²) in [4.78, 5) is 4.95. The Morgan fingerprint density at radius 1 is 1.08 bits per heavy atom. The number of hydrogen-bond acceptors (Lipinski definition) is 5. The molecule has 1 aromatic heterocycles. The highest BCUT2D eigenvalue weighted by molar-refractivity contribution is 7.81. The van der Waals surface area contributed by atoms with Gasteiger partial charge < -0.3 is 16.8 Å². The van der Waals surface area contributed by atoms with Gasteiger partial charge in [-0.1, -0.05) is 54.2 Å². The van der Waals surface area contributed by atoms with Gasteiger partial charge in [-0.25, -0.2) is 4.98 Å². The number of aromatic nitrogens is 1. The minimum atomic E-state index is 0.276. The van der Waals surface area contributed by atoms with E-state index in [0.29, 0.717) is 16.5 Å². The lowest BCUT2D eigenvalue weighted by molar-refractivity contribution is 1.32. The molecular weight excluding hydrogens is 352 g/mol. The predicted molar refractivity (Wildman–Crippen MR) is 110 cm³/mol. The monoisotopic (exact) mass is 368 g/mol. The fourth-order valence-electron chi connectivity index (χ4n) is 2.43. The number of nitrogens with two attached hydrogens (primary N) is 2. The van der Waals surface area contributed by atoms with Crippen LogP contribution in [-0.4, -0.2) is 9.85 Å². The third-order valence-electron chi connectivity index (χ3n) is 3.84. The van der Waals surface area contributed by atoms with Crippen LogP contribution in [0, 0.1) is 6.92 Å². The van der Waals surface area contributed by atoms with Crippen LogP contribution in [0.2, 0.25) is 5.02 Å². The first-order valence-electron chi connectivity index (χ1n) is 7.64. The molecule has 0 fully saturated rings. The van der Waals surface area contributed by atoms with Crippen molar-refractivity contribution in [3.8, 4) is 0 Å². The Kier molecular flexibility index (Phi) is 4.88. The number of aryl methyl sites for hydroxylation is 1. The Morgan fingerprint density at radius 2 is 1.84 bits per heavy atom. The molecule has 0 aliphatic rings. The second-order valence-electron chi connectivity index (χ2n) is 5.63. The van der Waals surface area contributed by atoms with Crippen LogP contribution >= 0.6 is 23.8 Å². The molecule has 0 bridgehead atoms. The normalized spacial score (nSPS) is 10.5. The van der Waals surface area contributed by atoms with Gasteiger partial charge in [-0.3, -0.25) is 0 Å². The van der Waals surface area contributed by atoms with Crippen molar-refractivity contribution in [3.05, 3.63) is 76.3 Å². The molecule has 0 aliphatic heterocycles. The molecule has 2 aromatic carbocycles. The number of nitrogens with zero attached hydrogens (tertiary/aromatic N) is 1. The predicted octanol–water partition coefficient (Wildman–Crippen LogP) is 4.72. The molecule has 5 N–H and O–H groups in total. The van der Waals surface area contributed by atoms with Crippen molar-refractivity contribution in [3.63, 3.8) is 0 Å². The van der Waals surface area contributed by atoms with E-state index >= 15 is 0 Å². The van der Waals surface area contributed by atoms with Crippen LogP contribution in [0.4, 0.5) is 23.0 Å². The second kappa shape index (κ2) is 7.09. The number of thiocarbonyl (C=S) groups is 1. The summed E-state index contributed by atoms with van der Waals surface area (Å²) in [6.45, 7) is 2.04. The molecule has 6 heteroatoms. The quantitative estimate of drug-likeness (QED) is 0.459. The zero-order valence-corrected chi connectivity index (χ0v) is 15.2. The van der Waals surface area contributed by atoms with Crippen molar-refractivity contribution in [2.24, 2.45) is 0 Å². The molecule has 0 saturated carbocycles. The number of rotatable bonds is 4. The zero-order chi connectivity index (χ0) is 18.0. The SMILES string of the molecule is Cc1ccccc1C(=S)c1ccc(Nc2ccc(N)c(N)n2)c(Cl)c1. The Hall–Kier alpha value is -2.63. The number of hydrogen-bond donors (Lipinski definition) is 3. The smallest absolute Gasteiger partial charge is 0.149 e. The Labute approximate surface area is 156 Å². The largest absolute Gasteiger partial charge is 0.396 e. The maximum absolute atomic E-state index is 6.42. The number of pyridine rings is 1. The molecule has 0 spiro atoms. The van der Waals surface area contributed by atoms with Gasteiger partial charge in [0.25, 0.3) is 0 Å². The highest BCUT2D eigenvalue weighted by Gasteiger charge is 2.10. The molecule has 0 atom stereocenters. The molecular formula is C19H17ClN4S. The molecule has 0 saturated heterocycles. The average Bonchev–Trinajstić information content (AvgIpc) is 2.60. The van der Waals surface area contributed by atoms with E-state index in [-0.39, 0.29) is 5.82 Å². The van der Waals surface area contributed by atoms with Crippen molar-refractivity contribution in [2.75, 3.05) is 16.8 Å². The van der Waals surface area contributed by atoms with Crippen LogP contribution < -0.4 is 16.8 Å². The lowest BCUT2D eigenvalue weighted by atomic mass is 10.0. The van der Waals surface area contributed by atoms with Gasteiger partial charge in [0.2, 0.25) is 0 Å². The summed E-state index contributed by atoms with van der Waals surface area (Å²) in [7, 11) is 0. The van der Waals surface area contributed by atoms with E-state index in [1.165, 1.54) is 0 Å². The van der Waals surface area contributed by atoms with E-state index in [0.717, 1.165) is 27.2 Å². The van der Waals surface area contributed by atoms with Crippen LogP contribution in [-0.2, 0) is 0 Å². The lowest BCUT2D eigenvalue weighted by Crippen LogP contribution is -2.04. The Bertz CT molecular complexity index is 956. The van der Waals surface area contributed by atoms with Crippen molar-refractivity contribution in [2.45, 2.75) is 6.92 Å². The van der Waals surface area contributed by atoms with E-state index < -0.39 is 0 Å². The van der Waals surface area contributed by atoms with Crippen molar-refractivity contribution < 1.29 is 0 Å². The molecule has 0 radical (unpaired) electrons. The van der Waals surface area contributed by atoms with Gasteiger partial charge in [0.15, 0.2) is 0 Å². The summed E-state index contributed by atoms with van der Waals surface area (Å²) in [5.74, 6) is 0.848. The Morgan fingerprint density at radius 3 is 2.52 bits per heavy atom. The highest BCUT2D eigenvalue weighted by atomic mass is 35.5. The third-order valence-corrected chi connectivity index (χ3v) is 4.61. The average molecular weight is 369 g/mol. The number of nitrogens with one attached hydrogen (secondary N) is 1. The van der Waals surface area contributed by atoms with Gasteiger partial charge in [-0.2, -0.15) is 0 Å². The topological polar surface area (TPSA) is 77.0 Å². The maximum atomic E-state index is 6.42. The number of halogens is 1. The molecule has 0 amide bonds. The van der Waals surface area contributed by atoms with Gasteiger partial charge in [0, 0.05) is 0 Å². The minimum absolute atomic E-state index is 0.276. The molecule has 126 valence electrons. The van der Waals surface area contributed by atoms with E-state index in [4.69, 9.17) is 35.3 Å². The van der Waals surface area contributed by atoms with E-state index in [1.54, 1.807) is 12.1 Å². The fourth-order valence-corrected chi connectivity index (χ4v) is 3.02. The van der Waals surface area contributed by atoms with Crippen molar-refractivity contribution in [1.29, 1.82) is 0 Å². The second-order valence-corrected chi connectivity index (χ2v) is 6.45. The van der Waals surface area contributed by atoms with Gasteiger partial charge >= 0.3 is 0 Å². The Balaban J connectivity index is 1.87. The molecule has 0 aliphatic carbocycles. The van der Waals surface area contributed by atoms with Crippen LogP contribution in [0.5, 0.6) is 0 Å². The van der Waals surface area contributed by atoms with Crippen LogP contribution in [0.15, 0.2) is 54.6 Å². The van der Waals surface area contributed by atoms with Crippen LogP contribution in [0.3, 0.4) is 0 Å². The third kappa shape index (κ3) is 3.73. The van der Waals surface area contributed by atoms with Gasteiger partial charge in [0.1, 0.15) is 11.6 Å². The van der Waals surface area contributed by atoms with Gasteiger partial charge in [-0.15, -0.1) is 0 Å². The lowest BCUT2D eigenvalue weighted by Gasteiger charge is -2.12. The van der Waals surface area contributed by atoms with Crippen LogP contribution in [0.25, 0.3) is 0 Å². The standard InChI is InChI=1S/C19H17ClN4S/c1-11-4-2-3-5-13(11)18(25)12-6-8-16(14(20)10-12)23-17-9-7-15(21)19(22)24-17/h2-10H,21H2,1H3,(H3,22,23,24). The zero-order valence-electron chi connectivity index (χ0n) is 13.6. The van der Waals surface area contributed by atoms with E-state index in [2.05, 4.69) is 10.3 Å². The van der Waals surface area contributed by atoms with Crippen molar-refractivity contribution in [1.82, 2.24) is 4.98 Å². The number of nitrogen functional groups attached to an aromatic ring is 2. The molecule has 4 nitrogen and oxygen atoms in total. The molecule has 1 heterocycles. The van der Waals surface area contributed by atoms with E-state index in [9.17, 15) is 0 Å². The summed E-state index contributed by atoms with van der Waals surface area (Å²) < 4.78 is 0. The summed E-state index contributed by atoms with van der Waals surface area (Å²) in [6, 6.07) is 17.1. The van der Waals surface area contributed by atoms with E-state index in [1.807, 2.05) is 49.4 Å². The first-order valence-corrected chi connectivity index (χ1v) is 8.43. The number of anilines is 4. The minimum Gasteiger partial charge on any atom is -0.396 e. The molecule has 3 rings (SSSR count). The molecule has 0 unspecified atom stereocenters. The summed E-state index contributed by atoms with van der Waals surface area (Å²) in [6.07, 6.45) is 0. The van der Waals surface area contributed by atoms with Gasteiger partial charge in [0.05, 0.1) is 21.3 Å². The summed E-state index contributed by atoms with van der Waals surface area (Å²) >= 11 is 12.0. The summed E-state index contributed by atoms with van der Waals surface area (Å²) in [5, 5.41) is 3.68. The van der Waals surface area contributed by atoms with Crippen molar-refractivity contribution >= 4 is 51.7 Å². The highest BCUT2D eigenvalue weighted by Crippen LogP contribution is 2.28. The summed E-state index contributed by atoms with van der Waals surface area (Å²) in [5.41, 5.74) is 15.6. The first kappa shape index (κ1) is 17.2.